The molecule has 1 aliphatic heterocycles. The number of nitrogens with zero attached hydrogens (tertiary/aromatic N) is 1. The van der Waals surface area contributed by atoms with Crippen molar-refractivity contribution in [2.75, 3.05) is 4.90 Å². The summed E-state index contributed by atoms with van der Waals surface area (Å²) in [6.45, 7) is 0. The second-order valence-corrected chi connectivity index (χ2v) is 5.45. The normalized spacial score (nSPS) is 13.9. The Hall–Kier alpha value is -1.32. The number of hydrogen-bond acceptors (Lipinski definition) is 1. The number of hydrogen-bond donors (Lipinski definition) is 0. The highest BCUT2D eigenvalue weighted by Crippen LogP contribution is 2.39. The molecule has 2 nitrogen and oxygen atoms in total. The number of halogens is 2. The van der Waals surface area contributed by atoms with Crippen LogP contribution < -0.4 is 4.90 Å². The van der Waals surface area contributed by atoms with E-state index in [2.05, 4.69) is 15.9 Å². The van der Waals surface area contributed by atoms with E-state index >= 15 is 0 Å². The maximum Gasteiger partial charge on any atom is 0.236 e. The Bertz CT molecular complexity index is 641. The first-order valence-corrected chi connectivity index (χ1v) is 6.70. The van der Waals surface area contributed by atoms with Crippen LogP contribution in [0.4, 0.5) is 11.4 Å². The molecule has 1 aliphatic rings. The number of carbonyl (C=O) groups is 1. The minimum absolute atomic E-state index is 0.0559. The van der Waals surface area contributed by atoms with E-state index in [1.54, 1.807) is 11.0 Å². The van der Waals surface area contributed by atoms with Crippen LogP contribution in [0.15, 0.2) is 46.9 Å². The Morgan fingerprint density at radius 3 is 2.67 bits per heavy atom. The standard InChI is InChI=1S/C14H9BrClNO/c15-10-5-6-13(11(16)8-10)17-12-4-2-1-3-9(12)7-14(17)18/h1-6,8H,7H2. The summed E-state index contributed by atoms with van der Waals surface area (Å²) >= 11 is 9.58. The van der Waals surface area contributed by atoms with Gasteiger partial charge in [0, 0.05) is 4.47 Å². The highest BCUT2D eigenvalue weighted by molar-refractivity contribution is 9.10. The molecule has 0 radical (unpaired) electrons. The van der Waals surface area contributed by atoms with E-state index in [4.69, 9.17) is 11.6 Å². The van der Waals surface area contributed by atoms with Crippen LogP contribution in [0.1, 0.15) is 5.56 Å². The lowest BCUT2D eigenvalue weighted by Gasteiger charge is -2.19. The van der Waals surface area contributed by atoms with Gasteiger partial charge < -0.3 is 0 Å². The molecule has 0 aromatic heterocycles. The first-order chi connectivity index (χ1) is 8.66. The van der Waals surface area contributed by atoms with Gasteiger partial charge in [-0.25, -0.2) is 0 Å². The Labute approximate surface area is 118 Å². The number of carbonyl (C=O) groups excluding carboxylic acids is 1. The molecule has 0 N–H and O–H groups in total. The molecular formula is C14H9BrClNO. The van der Waals surface area contributed by atoms with Crippen LogP contribution in [-0.4, -0.2) is 5.91 Å². The van der Waals surface area contributed by atoms with E-state index < -0.39 is 0 Å². The molecule has 0 unspecified atom stereocenters. The summed E-state index contributed by atoms with van der Waals surface area (Å²) in [6, 6.07) is 13.3. The summed E-state index contributed by atoms with van der Waals surface area (Å²) in [5.41, 5.74) is 2.70. The van der Waals surface area contributed by atoms with Gasteiger partial charge in [0.2, 0.25) is 5.91 Å². The Morgan fingerprint density at radius 2 is 1.89 bits per heavy atom. The minimum atomic E-state index is 0.0559. The van der Waals surface area contributed by atoms with Crippen molar-refractivity contribution >= 4 is 44.8 Å². The smallest absolute Gasteiger partial charge is 0.236 e. The second kappa shape index (κ2) is 4.41. The van der Waals surface area contributed by atoms with E-state index in [9.17, 15) is 4.79 Å². The van der Waals surface area contributed by atoms with E-state index in [0.29, 0.717) is 11.4 Å². The molecule has 0 spiro atoms. The summed E-state index contributed by atoms with van der Waals surface area (Å²) < 4.78 is 0.899. The van der Waals surface area contributed by atoms with Gasteiger partial charge in [0.05, 0.1) is 22.8 Å². The monoisotopic (exact) mass is 321 g/mol. The largest absolute Gasteiger partial charge is 0.279 e. The molecule has 0 saturated heterocycles. The zero-order valence-electron chi connectivity index (χ0n) is 9.36. The van der Waals surface area contributed by atoms with Crippen molar-refractivity contribution in [2.45, 2.75) is 6.42 Å². The van der Waals surface area contributed by atoms with Gasteiger partial charge in [-0.1, -0.05) is 45.7 Å². The van der Waals surface area contributed by atoms with Gasteiger partial charge in [-0.15, -0.1) is 0 Å². The van der Waals surface area contributed by atoms with E-state index in [1.165, 1.54) is 0 Å². The quantitative estimate of drug-likeness (QED) is 0.765. The number of para-hydroxylation sites is 1. The topological polar surface area (TPSA) is 20.3 Å². The van der Waals surface area contributed by atoms with Gasteiger partial charge in [0.15, 0.2) is 0 Å². The van der Waals surface area contributed by atoms with Crippen LogP contribution in [0.3, 0.4) is 0 Å². The van der Waals surface area contributed by atoms with Gasteiger partial charge in [-0.3, -0.25) is 9.69 Å². The van der Waals surface area contributed by atoms with Crippen LogP contribution in [0.5, 0.6) is 0 Å². The Morgan fingerprint density at radius 1 is 1.11 bits per heavy atom. The molecule has 0 aliphatic carbocycles. The van der Waals surface area contributed by atoms with E-state index in [-0.39, 0.29) is 5.91 Å². The average Bonchev–Trinajstić information content (AvgIpc) is 2.66. The fraction of sp³-hybridized carbons (Fsp3) is 0.0714. The zero-order valence-corrected chi connectivity index (χ0v) is 11.7. The first-order valence-electron chi connectivity index (χ1n) is 5.53. The zero-order chi connectivity index (χ0) is 12.7. The fourth-order valence-corrected chi connectivity index (χ4v) is 2.94. The van der Waals surface area contributed by atoms with Crippen LogP contribution >= 0.6 is 27.5 Å². The molecule has 1 heterocycles. The van der Waals surface area contributed by atoms with Crippen molar-refractivity contribution in [3.8, 4) is 0 Å². The number of fused-ring (bicyclic) bond motifs is 1. The lowest BCUT2D eigenvalue weighted by atomic mass is 10.2. The number of benzene rings is 2. The highest BCUT2D eigenvalue weighted by atomic mass is 79.9. The van der Waals surface area contributed by atoms with Gasteiger partial charge >= 0.3 is 0 Å². The molecule has 18 heavy (non-hydrogen) atoms. The van der Waals surface area contributed by atoms with Crippen LogP contribution in [0, 0.1) is 0 Å². The molecule has 0 saturated carbocycles. The molecule has 0 bridgehead atoms. The summed E-state index contributed by atoms with van der Waals surface area (Å²) in [5, 5.41) is 0.564. The molecule has 0 fully saturated rings. The van der Waals surface area contributed by atoms with Crippen LogP contribution in [0.2, 0.25) is 5.02 Å². The highest BCUT2D eigenvalue weighted by Gasteiger charge is 2.29. The number of anilines is 2. The molecular weight excluding hydrogens is 314 g/mol. The summed E-state index contributed by atoms with van der Waals surface area (Å²) in [7, 11) is 0. The SMILES string of the molecule is O=C1Cc2ccccc2N1c1ccc(Br)cc1Cl. The first kappa shape index (κ1) is 11.8. The van der Waals surface area contributed by atoms with Crippen molar-refractivity contribution in [1.29, 1.82) is 0 Å². The minimum Gasteiger partial charge on any atom is -0.279 e. The molecule has 2 aromatic rings. The Kier molecular flexibility index (Phi) is 2.88. The number of rotatable bonds is 1. The maximum atomic E-state index is 12.1. The molecule has 0 atom stereocenters. The lowest BCUT2D eigenvalue weighted by molar-refractivity contribution is -0.116. The third-order valence-corrected chi connectivity index (χ3v) is 3.77. The van der Waals surface area contributed by atoms with Crippen molar-refractivity contribution in [2.24, 2.45) is 0 Å². The van der Waals surface area contributed by atoms with E-state index in [0.717, 1.165) is 21.4 Å². The average molecular weight is 323 g/mol. The molecule has 3 rings (SSSR count). The molecule has 2 aromatic carbocycles. The maximum absolute atomic E-state index is 12.1. The molecule has 90 valence electrons. The van der Waals surface area contributed by atoms with Crippen LogP contribution in [0.25, 0.3) is 0 Å². The van der Waals surface area contributed by atoms with Crippen molar-refractivity contribution in [1.82, 2.24) is 0 Å². The van der Waals surface area contributed by atoms with Gasteiger partial charge in [-0.05, 0) is 29.8 Å². The summed E-state index contributed by atoms with van der Waals surface area (Å²) in [6.07, 6.45) is 0.433. The molecule has 4 heteroatoms. The molecule has 1 amide bonds. The van der Waals surface area contributed by atoms with Crippen molar-refractivity contribution in [3.63, 3.8) is 0 Å². The predicted molar refractivity (Wildman–Crippen MR) is 76.4 cm³/mol. The lowest BCUT2D eigenvalue weighted by Crippen LogP contribution is -2.21. The van der Waals surface area contributed by atoms with Crippen LogP contribution in [-0.2, 0) is 11.2 Å². The van der Waals surface area contributed by atoms with Crippen molar-refractivity contribution in [3.05, 3.63) is 57.5 Å². The summed E-state index contributed by atoms with van der Waals surface area (Å²) in [4.78, 5) is 13.8. The third kappa shape index (κ3) is 1.84. The van der Waals surface area contributed by atoms with E-state index in [1.807, 2.05) is 36.4 Å². The third-order valence-electron chi connectivity index (χ3n) is 2.97. The van der Waals surface area contributed by atoms with Crippen molar-refractivity contribution < 1.29 is 4.79 Å². The van der Waals surface area contributed by atoms with Gasteiger partial charge in [-0.2, -0.15) is 0 Å². The second-order valence-electron chi connectivity index (χ2n) is 4.13. The summed E-state index contributed by atoms with van der Waals surface area (Å²) in [5.74, 6) is 0.0559. The predicted octanol–water partition coefficient (Wildman–Crippen LogP) is 4.32. The number of amides is 1. The van der Waals surface area contributed by atoms with Gasteiger partial charge in [0.1, 0.15) is 0 Å². The fourth-order valence-electron chi connectivity index (χ4n) is 2.18. The Balaban J connectivity index is 2.15. The van der Waals surface area contributed by atoms with Gasteiger partial charge in [0.25, 0.3) is 0 Å².